The normalized spacial score (nSPS) is 22.5. The third-order valence-electron chi connectivity index (χ3n) is 15.5. The van der Waals surface area contributed by atoms with Crippen LogP contribution in [0.25, 0.3) is 0 Å². The van der Waals surface area contributed by atoms with Crippen molar-refractivity contribution in [1.29, 1.82) is 0 Å². The topological polar surface area (TPSA) is 263 Å². The molecular formula is C64H92N8O14. The van der Waals surface area contributed by atoms with Gasteiger partial charge in [-0.15, -0.1) is 0 Å². The molecule has 5 rings (SSSR count). The Hall–Kier alpha value is -7.46. The largest absolute Gasteiger partial charge is 0.451 e. The molecule has 4 aromatic rings. The highest BCUT2D eigenvalue weighted by Gasteiger charge is 2.43. The van der Waals surface area contributed by atoms with E-state index in [2.05, 4.69) is 10.2 Å². The van der Waals surface area contributed by atoms with Gasteiger partial charge in [-0.2, -0.15) is 10.2 Å². The average molecular weight is 1200 g/mol. The fourth-order valence-electron chi connectivity index (χ4n) is 10.4. The van der Waals surface area contributed by atoms with E-state index in [4.69, 9.17) is 18.9 Å². The number of hydrogen-bond acceptors (Lipinski definition) is 16. The number of carbonyl (C=O) groups is 8. The summed E-state index contributed by atoms with van der Waals surface area (Å²) in [6, 6.07) is 9.15. The third kappa shape index (κ3) is 18.8. The molecule has 0 spiro atoms. The van der Waals surface area contributed by atoms with E-state index in [1.807, 2.05) is 79.7 Å². The van der Waals surface area contributed by atoms with Crippen molar-refractivity contribution in [2.75, 3.05) is 28.2 Å². The molecule has 0 saturated carbocycles. The zero-order valence-electron chi connectivity index (χ0n) is 53.1. The molecule has 0 radical (unpaired) electrons. The van der Waals surface area contributed by atoms with Gasteiger partial charge < -0.3 is 48.8 Å². The van der Waals surface area contributed by atoms with E-state index in [9.17, 15) is 39.0 Å². The van der Waals surface area contributed by atoms with Gasteiger partial charge in [-0.1, -0.05) is 104 Å². The molecule has 3 heterocycles. The number of hydrogen-bond donors (Lipinski definition) is 2. The maximum atomic E-state index is 15.1. The van der Waals surface area contributed by atoms with Gasteiger partial charge in [-0.3, -0.25) is 28.5 Å². The molecule has 2 aromatic carbocycles. The van der Waals surface area contributed by atoms with Crippen molar-refractivity contribution < 1.29 is 67.5 Å². The van der Waals surface area contributed by atoms with E-state index in [0.717, 1.165) is 30.7 Å². The van der Waals surface area contributed by atoms with Gasteiger partial charge in [-0.25, -0.2) is 19.2 Å². The van der Waals surface area contributed by atoms with Crippen LogP contribution in [0.2, 0.25) is 0 Å². The van der Waals surface area contributed by atoms with Gasteiger partial charge in [-0.05, 0) is 99.3 Å². The van der Waals surface area contributed by atoms with Gasteiger partial charge in [0.15, 0.2) is 24.4 Å². The molecule has 8 atom stereocenters. The van der Waals surface area contributed by atoms with Crippen molar-refractivity contribution in [2.45, 2.75) is 196 Å². The minimum Gasteiger partial charge on any atom is -0.451 e. The van der Waals surface area contributed by atoms with Crippen molar-refractivity contribution in [1.82, 2.24) is 39.2 Å². The molecule has 0 unspecified atom stereocenters. The molecule has 22 heteroatoms. The minimum absolute atomic E-state index is 0.0598. The molecule has 0 aliphatic carbocycles. The third-order valence-corrected chi connectivity index (χ3v) is 15.5. The summed E-state index contributed by atoms with van der Waals surface area (Å²) in [5, 5.41) is 28.4. The van der Waals surface area contributed by atoms with E-state index in [-0.39, 0.29) is 75.4 Å². The maximum Gasteiger partial charge on any atom is 0.329 e. The first kappa shape index (κ1) is 69.3. The summed E-state index contributed by atoms with van der Waals surface area (Å²) in [5.74, 6) is -7.71. The molecule has 22 nitrogen and oxygen atoms in total. The Morgan fingerprint density at radius 2 is 0.674 bits per heavy atom. The number of cyclic esters (lactones) is 4. The number of esters is 4. The number of nitrogens with zero attached hydrogens (tertiary/aromatic N) is 8. The molecule has 86 heavy (non-hydrogen) atoms. The second kappa shape index (κ2) is 31.3. The summed E-state index contributed by atoms with van der Waals surface area (Å²) in [6.07, 6.45) is -2.75. The summed E-state index contributed by atoms with van der Waals surface area (Å²) >= 11 is 0. The molecule has 472 valence electrons. The molecule has 4 amide bonds. The van der Waals surface area contributed by atoms with Gasteiger partial charge in [0.25, 0.3) is 23.6 Å². The highest BCUT2D eigenvalue weighted by molar-refractivity contribution is 5.94. The highest BCUT2D eigenvalue weighted by Crippen LogP contribution is 2.25. The quantitative estimate of drug-likeness (QED) is 0.0887. The average Bonchev–Trinajstić information content (AvgIpc) is 2.41. The number of aryl methyl sites for hydroxylation is 2. The number of aliphatic hydroxyl groups is 2. The number of amides is 4. The van der Waals surface area contributed by atoms with Gasteiger partial charge in [0.2, 0.25) is 0 Å². The lowest BCUT2D eigenvalue weighted by molar-refractivity contribution is -0.176. The standard InChI is InChI=1S/C64H92N8O14/c1-37(2)25-51-61(79)83-43(11)57(75)67(13)54(28-40(7)8)64(82)86-56(30-46-19-23-48(24-20-46)32-72-34-50(36-74)42(10)66-72)60(78)70(16)52(26-38(3)4)62(80)84-44(12)58(76)68(14)53(27-39(5)6)63(81)85-55(59(77)69(51)15)29-45-17-21-47(22-18-45)31-71-33-49(35-73)41(9)65-71/h17-24,33-34,37-40,43-44,51-56,73-74H,25-32,35-36H2,1-16H3/t43-,44-,51+,52+,53+,54+,55-,56-/m1/s1. The van der Waals surface area contributed by atoms with Crippen molar-refractivity contribution in [2.24, 2.45) is 23.7 Å². The smallest absolute Gasteiger partial charge is 0.329 e. The van der Waals surface area contributed by atoms with Crippen LogP contribution in [0.5, 0.6) is 0 Å². The van der Waals surface area contributed by atoms with Crippen LogP contribution in [0, 0.1) is 37.5 Å². The number of rotatable bonds is 18. The van der Waals surface area contributed by atoms with Crippen LogP contribution in [-0.2, 0) is 96.4 Å². The number of aromatic nitrogens is 4. The molecule has 0 bridgehead atoms. The lowest BCUT2D eigenvalue weighted by Crippen LogP contribution is -2.55. The first-order valence-corrected chi connectivity index (χ1v) is 29.7. The second-order valence-corrected chi connectivity index (χ2v) is 24.6. The Kier molecular flexibility index (Phi) is 25.2. The van der Waals surface area contributed by atoms with E-state index < -0.39 is 96.1 Å². The Bertz CT molecular complexity index is 2760. The van der Waals surface area contributed by atoms with Crippen LogP contribution in [0.3, 0.4) is 0 Å². The number of likely N-dealkylation sites (N-methyl/N-ethyl adjacent to an activating group) is 4. The van der Waals surface area contributed by atoms with Crippen LogP contribution in [-0.4, -0.2) is 174 Å². The molecule has 1 saturated heterocycles. The summed E-state index contributed by atoms with van der Waals surface area (Å²) < 4.78 is 27.6. The molecular weight excluding hydrogens is 1100 g/mol. The van der Waals surface area contributed by atoms with Crippen molar-refractivity contribution in [3.05, 3.63) is 106 Å². The van der Waals surface area contributed by atoms with Crippen LogP contribution >= 0.6 is 0 Å². The van der Waals surface area contributed by atoms with E-state index in [1.165, 1.54) is 42.0 Å². The molecule has 2 aromatic heterocycles. The lowest BCUT2D eigenvalue weighted by Gasteiger charge is -2.35. The molecule has 1 aliphatic rings. The van der Waals surface area contributed by atoms with E-state index in [0.29, 0.717) is 46.7 Å². The van der Waals surface area contributed by atoms with E-state index in [1.54, 1.807) is 59.9 Å². The Morgan fingerprint density at radius 3 is 0.930 bits per heavy atom. The van der Waals surface area contributed by atoms with Crippen molar-refractivity contribution in [3.8, 4) is 0 Å². The van der Waals surface area contributed by atoms with Crippen LogP contribution in [0.1, 0.15) is 140 Å². The minimum atomic E-state index is -1.57. The number of aliphatic hydroxyl groups excluding tert-OH is 2. The Morgan fingerprint density at radius 1 is 0.419 bits per heavy atom. The lowest BCUT2D eigenvalue weighted by atomic mass is 9.99. The first-order valence-electron chi connectivity index (χ1n) is 29.7. The predicted octanol–water partition coefficient (Wildman–Crippen LogP) is 5.76. The predicted molar refractivity (Wildman–Crippen MR) is 319 cm³/mol. The number of ether oxygens (including phenoxy) is 4. The van der Waals surface area contributed by atoms with Gasteiger partial charge in [0.1, 0.15) is 24.2 Å². The summed E-state index contributed by atoms with van der Waals surface area (Å²) in [5.41, 5.74) is 5.61. The van der Waals surface area contributed by atoms with Crippen LogP contribution in [0.4, 0.5) is 0 Å². The molecule has 2 N–H and O–H groups in total. The SMILES string of the molecule is Cc1nn(Cc2ccc(C[C@H]3OC(=O)[C@H](CC(C)C)N(C)C(=O)[C@@H](C)OC(=O)[C@H](CC(C)C)N(C)C(=O)[C@@H](Cc4ccc(Cn5cc(CO)c(C)n5)cc4)OC(=O)[C@H](CC(C)C)N(C)C(=O)[C@@H](C)OC(=O)[C@H](CC(C)C)N(C)C3=O)cc2)cc1CO. The Balaban J connectivity index is 1.58. The van der Waals surface area contributed by atoms with Crippen LogP contribution < -0.4 is 0 Å². The van der Waals surface area contributed by atoms with Crippen molar-refractivity contribution in [3.63, 3.8) is 0 Å². The highest BCUT2D eigenvalue weighted by atomic mass is 16.6. The van der Waals surface area contributed by atoms with E-state index >= 15 is 9.59 Å². The zero-order valence-corrected chi connectivity index (χ0v) is 53.1. The maximum absolute atomic E-state index is 15.1. The van der Waals surface area contributed by atoms with Gasteiger partial charge >= 0.3 is 23.9 Å². The van der Waals surface area contributed by atoms with Crippen LogP contribution in [0.15, 0.2) is 60.9 Å². The summed E-state index contributed by atoms with van der Waals surface area (Å²) in [7, 11) is 5.51. The fourth-order valence-corrected chi connectivity index (χ4v) is 10.4. The molecule has 1 fully saturated rings. The molecule has 1 aliphatic heterocycles. The summed E-state index contributed by atoms with van der Waals surface area (Å²) in [6.45, 7) is 21.4. The monoisotopic (exact) mass is 1200 g/mol. The first-order chi connectivity index (χ1) is 40.4. The van der Waals surface area contributed by atoms with Gasteiger partial charge in [0.05, 0.1) is 37.7 Å². The van der Waals surface area contributed by atoms with Crippen molar-refractivity contribution >= 4 is 47.5 Å². The zero-order chi connectivity index (χ0) is 64.0. The second-order valence-electron chi connectivity index (χ2n) is 24.6. The summed E-state index contributed by atoms with van der Waals surface area (Å²) in [4.78, 5) is 122. The Labute approximate surface area is 506 Å². The van der Waals surface area contributed by atoms with Gasteiger partial charge in [0, 0.05) is 64.6 Å². The number of benzene rings is 2. The number of carbonyl (C=O) groups excluding carboxylic acids is 8. The fraction of sp³-hybridized carbons (Fsp3) is 0.594.